The highest BCUT2D eigenvalue weighted by Gasteiger charge is 2.12. The molecule has 0 aromatic carbocycles. The van der Waals surface area contributed by atoms with Gasteiger partial charge in [0, 0.05) is 38.2 Å². The zero-order valence-electron chi connectivity index (χ0n) is 8.36. The molecule has 84 valence electrons. The highest BCUT2D eigenvalue weighted by Crippen LogP contribution is 2.29. The van der Waals surface area contributed by atoms with Gasteiger partial charge >= 0.3 is 0 Å². The standard InChI is InChI=1S/C11H10Br2N2S/c12-7-1-2-8(15-6-7)5-10(14)11-9(13)3-4-16-11/h1-4,6,10H,5,14H2. The molecule has 0 amide bonds. The Labute approximate surface area is 115 Å². The zero-order valence-corrected chi connectivity index (χ0v) is 12.3. The van der Waals surface area contributed by atoms with E-state index in [0.717, 1.165) is 21.1 Å². The van der Waals surface area contributed by atoms with Crippen molar-refractivity contribution in [1.82, 2.24) is 4.98 Å². The van der Waals surface area contributed by atoms with Gasteiger partial charge in [-0.3, -0.25) is 4.98 Å². The third kappa shape index (κ3) is 2.91. The molecule has 0 saturated carbocycles. The predicted molar refractivity (Wildman–Crippen MR) is 74.6 cm³/mol. The summed E-state index contributed by atoms with van der Waals surface area (Å²) in [7, 11) is 0. The van der Waals surface area contributed by atoms with Crippen LogP contribution in [0.2, 0.25) is 0 Å². The maximum atomic E-state index is 6.14. The Morgan fingerprint density at radius 1 is 1.31 bits per heavy atom. The van der Waals surface area contributed by atoms with Crippen molar-refractivity contribution in [2.75, 3.05) is 0 Å². The van der Waals surface area contributed by atoms with Crippen LogP contribution in [0.1, 0.15) is 16.6 Å². The Morgan fingerprint density at radius 2 is 2.12 bits per heavy atom. The van der Waals surface area contributed by atoms with E-state index in [-0.39, 0.29) is 6.04 Å². The van der Waals surface area contributed by atoms with Crippen molar-refractivity contribution in [1.29, 1.82) is 0 Å². The van der Waals surface area contributed by atoms with Gasteiger partial charge in [0.2, 0.25) is 0 Å². The van der Waals surface area contributed by atoms with Gasteiger partial charge in [-0.25, -0.2) is 0 Å². The average Bonchev–Trinajstić information content (AvgIpc) is 2.68. The second-order valence-electron chi connectivity index (χ2n) is 3.41. The molecule has 2 heterocycles. The lowest BCUT2D eigenvalue weighted by atomic mass is 10.1. The van der Waals surface area contributed by atoms with Crippen LogP contribution in [0.4, 0.5) is 0 Å². The molecule has 0 bridgehead atoms. The van der Waals surface area contributed by atoms with E-state index in [4.69, 9.17) is 5.73 Å². The van der Waals surface area contributed by atoms with Crippen LogP contribution in [0.3, 0.4) is 0 Å². The van der Waals surface area contributed by atoms with Crippen LogP contribution in [0.15, 0.2) is 38.7 Å². The van der Waals surface area contributed by atoms with Crippen molar-refractivity contribution in [3.63, 3.8) is 0 Å². The minimum absolute atomic E-state index is 0.00282. The summed E-state index contributed by atoms with van der Waals surface area (Å²) < 4.78 is 2.07. The number of halogens is 2. The number of nitrogens with two attached hydrogens (primary N) is 1. The van der Waals surface area contributed by atoms with Gasteiger partial charge in [0.05, 0.1) is 0 Å². The number of rotatable bonds is 3. The molecule has 2 nitrogen and oxygen atoms in total. The van der Waals surface area contributed by atoms with E-state index in [0.29, 0.717) is 0 Å². The molecule has 1 unspecified atom stereocenters. The highest BCUT2D eigenvalue weighted by atomic mass is 79.9. The molecular formula is C11H10Br2N2S. The molecule has 0 fully saturated rings. The van der Waals surface area contributed by atoms with Crippen LogP contribution >= 0.6 is 43.2 Å². The molecule has 0 aliphatic rings. The number of thiophene rings is 1. The van der Waals surface area contributed by atoms with Gasteiger partial charge in [0.25, 0.3) is 0 Å². The Hall–Kier alpha value is -0.230. The van der Waals surface area contributed by atoms with Crippen LogP contribution in [0.25, 0.3) is 0 Å². The summed E-state index contributed by atoms with van der Waals surface area (Å²) in [6, 6.07) is 6.00. The fraction of sp³-hybridized carbons (Fsp3) is 0.182. The molecule has 16 heavy (non-hydrogen) atoms. The van der Waals surface area contributed by atoms with E-state index >= 15 is 0 Å². The third-order valence-corrected chi connectivity index (χ3v) is 4.67. The smallest absolute Gasteiger partial charge is 0.0457 e. The monoisotopic (exact) mass is 360 g/mol. The molecule has 5 heteroatoms. The molecule has 2 N–H and O–H groups in total. The summed E-state index contributed by atoms with van der Waals surface area (Å²) in [4.78, 5) is 5.49. The van der Waals surface area contributed by atoms with Gasteiger partial charge in [-0.05, 0) is 55.4 Å². The van der Waals surface area contributed by atoms with Crippen molar-refractivity contribution in [2.24, 2.45) is 5.73 Å². The summed E-state index contributed by atoms with van der Waals surface area (Å²) in [5.41, 5.74) is 7.15. The zero-order chi connectivity index (χ0) is 11.5. The largest absolute Gasteiger partial charge is 0.323 e. The van der Waals surface area contributed by atoms with Gasteiger partial charge in [-0.15, -0.1) is 11.3 Å². The van der Waals surface area contributed by atoms with Crippen molar-refractivity contribution < 1.29 is 0 Å². The molecular weight excluding hydrogens is 352 g/mol. The van der Waals surface area contributed by atoms with E-state index in [1.807, 2.05) is 23.6 Å². The number of pyridine rings is 1. The SMILES string of the molecule is NC(Cc1ccc(Br)cn1)c1sccc1Br. The van der Waals surface area contributed by atoms with Crippen LogP contribution in [-0.4, -0.2) is 4.98 Å². The fourth-order valence-corrected chi connectivity index (χ4v) is 3.32. The minimum atomic E-state index is 0.00282. The highest BCUT2D eigenvalue weighted by molar-refractivity contribution is 9.10. The number of nitrogens with zero attached hydrogens (tertiary/aromatic N) is 1. The van der Waals surface area contributed by atoms with Gasteiger partial charge in [-0.2, -0.15) is 0 Å². The Bertz CT molecular complexity index is 467. The van der Waals surface area contributed by atoms with E-state index in [1.54, 1.807) is 17.5 Å². The van der Waals surface area contributed by atoms with Gasteiger partial charge < -0.3 is 5.73 Å². The second kappa shape index (κ2) is 5.40. The van der Waals surface area contributed by atoms with Crippen molar-refractivity contribution in [3.8, 4) is 0 Å². The molecule has 2 aromatic rings. The summed E-state index contributed by atoms with van der Waals surface area (Å²) in [6.45, 7) is 0. The first-order chi connectivity index (χ1) is 7.66. The lowest BCUT2D eigenvalue weighted by molar-refractivity contribution is 0.717. The maximum Gasteiger partial charge on any atom is 0.0457 e. The normalized spacial score (nSPS) is 12.7. The maximum absolute atomic E-state index is 6.14. The Morgan fingerprint density at radius 3 is 2.69 bits per heavy atom. The lowest BCUT2D eigenvalue weighted by Crippen LogP contribution is -2.13. The first-order valence-electron chi connectivity index (χ1n) is 4.75. The molecule has 2 aromatic heterocycles. The molecule has 0 aliphatic carbocycles. The summed E-state index contributed by atoms with van der Waals surface area (Å²) in [5.74, 6) is 0. The van der Waals surface area contributed by atoms with Crippen molar-refractivity contribution in [2.45, 2.75) is 12.5 Å². The fourth-order valence-electron chi connectivity index (χ4n) is 1.42. The molecule has 0 saturated heterocycles. The number of hydrogen-bond acceptors (Lipinski definition) is 3. The summed E-state index contributed by atoms with van der Waals surface area (Å²) in [6.07, 6.45) is 2.55. The van der Waals surface area contributed by atoms with Gasteiger partial charge in [0.1, 0.15) is 0 Å². The number of hydrogen-bond donors (Lipinski definition) is 1. The van der Waals surface area contributed by atoms with Crippen molar-refractivity contribution >= 4 is 43.2 Å². The second-order valence-corrected chi connectivity index (χ2v) is 6.13. The molecule has 0 spiro atoms. The van der Waals surface area contributed by atoms with Crippen LogP contribution in [0.5, 0.6) is 0 Å². The quantitative estimate of drug-likeness (QED) is 0.899. The third-order valence-electron chi connectivity index (χ3n) is 2.20. The summed E-state index contributed by atoms with van der Waals surface area (Å²) in [5, 5.41) is 2.04. The number of aromatic nitrogens is 1. The molecule has 1 atom stereocenters. The Balaban J connectivity index is 2.10. The van der Waals surface area contributed by atoms with Crippen LogP contribution in [-0.2, 0) is 6.42 Å². The first kappa shape index (κ1) is 12.2. The lowest BCUT2D eigenvalue weighted by Gasteiger charge is -2.09. The van der Waals surface area contributed by atoms with Gasteiger partial charge in [0.15, 0.2) is 0 Å². The van der Waals surface area contributed by atoms with E-state index < -0.39 is 0 Å². The summed E-state index contributed by atoms with van der Waals surface area (Å²) >= 11 is 8.53. The van der Waals surface area contributed by atoms with Crippen molar-refractivity contribution in [3.05, 3.63) is 49.3 Å². The predicted octanol–water partition coefficient (Wildman–Crippen LogP) is 3.91. The van der Waals surface area contributed by atoms with E-state index in [9.17, 15) is 0 Å². The Kier molecular flexibility index (Phi) is 4.13. The van der Waals surface area contributed by atoms with Crippen LogP contribution < -0.4 is 5.73 Å². The molecule has 2 rings (SSSR count). The average molecular weight is 362 g/mol. The molecule has 0 aliphatic heterocycles. The minimum Gasteiger partial charge on any atom is -0.323 e. The topological polar surface area (TPSA) is 38.9 Å². The molecule has 0 radical (unpaired) electrons. The van der Waals surface area contributed by atoms with Gasteiger partial charge in [-0.1, -0.05) is 0 Å². The van der Waals surface area contributed by atoms with E-state index in [2.05, 4.69) is 36.8 Å². The first-order valence-corrected chi connectivity index (χ1v) is 7.22. The van der Waals surface area contributed by atoms with E-state index in [1.165, 1.54) is 4.88 Å². The van der Waals surface area contributed by atoms with Crippen LogP contribution in [0, 0.1) is 0 Å².